The number of aromatic hydroxyl groups is 1. The van der Waals surface area contributed by atoms with Gasteiger partial charge in [0.25, 0.3) is 0 Å². The van der Waals surface area contributed by atoms with Gasteiger partial charge in [-0.3, -0.25) is 0 Å². The standard InChI is InChI=1S/C13H16N4OS/c1-7(2)8-4-5-10-9(6-8)11(12(18)15-10)16-17-13(19)14-3/h4-7,15,18H,1-3H3,(H,14,19). The lowest BCUT2D eigenvalue weighted by Crippen LogP contribution is -2.11. The molecule has 0 radical (unpaired) electrons. The Morgan fingerprint density at radius 1 is 1.42 bits per heavy atom. The van der Waals surface area contributed by atoms with Gasteiger partial charge in [0.15, 0.2) is 5.69 Å². The van der Waals surface area contributed by atoms with Crippen LogP contribution in [0.25, 0.3) is 10.9 Å². The molecule has 1 aromatic carbocycles. The van der Waals surface area contributed by atoms with Crippen molar-refractivity contribution in [2.75, 3.05) is 7.05 Å². The number of benzene rings is 1. The zero-order valence-electron chi connectivity index (χ0n) is 11.1. The fourth-order valence-electron chi connectivity index (χ4n) is 1.79. The molecule has 3 N–H and O–H groups in total. The Kier molecular flexibility index (Phi) is 3.80. The van der Waals surface area contributed by atoms with E-state index in [1.54, 1.807) is 7.05 Å². The maximum absolute atomic E-state index is 9.88. The summed E-state index contributed by atoms with van der Waals surface area (Å²) in [5.74, 6) is 0.406. The second-order valence-electron chi connectivity index (χ2n) is 4.54. The van der Waals surface area contributed by atoms with E-state index >= 15 is 0 Å². The Balaban J connectivity index is 2.52. The average molecular weight is 276 g/mol. The number of nitrogens with zero attached hydrogens (tertiary/aromatic N) is 2. The van der Waals surface area contributed by atoms with Crippen molar-refractivity contribution in [3.8, 4) is 5.88 Å². The van der Waals surface area contributed by atoms with Gasteiger partial charge in [-0.25, -0.2) is 0 Å². The summed E-state index contributed by atoms with van der Waals surface area (Å²) in [4.78, 5) is 2.87. The number of fused-ring (bicyclic) bond motifs is 1. The molecular formula is C13H16N4OS. The van der Waals surface area contributed by atoms with Crippen LogP contribution in [0.1, 0.15) is 25.3 Å². The van der Waals surface area contributed by atoms with Crippen LogP contribution >= 0.6 is 12.2 Å². The van der Waals surface area contributed by atoms with Crippen LogP contribution in [-0.2, 0) is 0 Å². The van der Waals surface area contributed by atoms with Crippen LogP contribution in [0.15, 0.2) is 28.4 Å². The molecule has 0 unspecified atom stereocenters. The Labute approximate surface area is 116 Å². The van der Waals surface area contributed by atoms with Crippen molar-refractivity contribution >= 4 is 33.9 Å². The van der Waals surface area contributed by atoms with Crippen molar-refractivity contribution in [2.45, 2.75) is 19.8 Å². The molecule has 0 aliphatic rings. The molecule has 2 rings (SSSR count). The molecule has 19 heavy (non-hydrogen) atoms. The van der Waals surface area contributed by atoms with E-state index in [0.717, 1.165) is 10.9 Å². The average Bonchev–Trinajstić information content (AvgIpc) is 2.70. The lowest BCUT2D eigenvalue weighted by molar-refractivity contribution is 0.459. The summed E-state index contributed by atoms with van der Waals surface area (Å²) in [7, 11) is 1.67. The van der Waals surface area contributed by atoms with Gasteiger partial charge in [0.1, 0.15) is 0 Å². The molecule has 0 aliphatic heterocycles. The Hall–Kier alpha value is -1.95. The maximum atomic E-state index is 9.88. The predicted molar refractivity (Wildman–Crippen MR) is 80.2 cm³/mol. The van der Waals surface area contributed by atoms with Crippen molar-refractivity contribution in [1.29, 1.82) is 0 Å². The van der Waals surface area contributed by atoms with E-state index in [1.807, 2.05) is 18.2 Å². The summed E-state index contributed by atoms with van der Waals surface area (Å²) < 4.78 is 0. The molecule has 0 amide bonds. The first kappa shape index (κ1) is 13.5. The summed E-state index contributed by atoms with van der Waals surface area (Å²) in [6.45, 7) is 4.23. The highest BCUT2D eigenvalue weighted by Gasteiger charge is 2.12. The first-order valence-corrected chi connectivity index (χ1v) is 6.41. The van der Waals surface area contributed by atoms with Crippen LogP contribution in [-0.4, -0.2) is 22.3 Å². The number of nitrogens with one attached hydrogen (secondary N) is 2. The molecule has 0 saturated carbocycles. The minimum atomic E-state index is -0.00133. The summed E-state index contributed by atoms with van der Waals surface area (Å²) in [6, 6.07) is 5.97. The summed E-state index contributed by atoms with van der Waals surface area (Å²) in [6.07, 6.45) is 0. The van der Waals surface area contributed by atoms with Crippen LogP contribution in [0.5, 0.6) is 5.88 Å². The van der Waals surface area contributed by atoms with Crippen LogP contribution in [0, 0.1) is 0 Å². The molecule has 5 nitrogen and oxygen atoms in total. The van der Waals surface area contributed by atoms with Crippen molar-refractivity contribution in [2.24, 2.45) is 10.2 Å². The number of H-pyrrole nitrogens is 1. The number of hydrogen-bond donors (Lipinski definition) is 3. The molecule has 0 aliphatic carbocycles. The maximum Gasteiger partial charge on any atom is 0.218 e. The third kappa shape index (κ3) is 2.73. The van der Waals surface area contributed by atoms with Crippen LogP contribution in [0.4, 0.5) is 5.69 Å². The Morgan fingerprint density at radius 2 is 2.16 bits per heavy atom. The molecule has 0 bridgehead atoms. The fraction of sp³-hybridized carbons (Fsp3) is 0.308. The highest BCUT2D eigenvalue weighted by Crippen LogP contribution is 2.36. The third-order valence-corrected chi connectivity index (χ3v) is 3.18. The van der Waals surface area contributed by atoms with Gasteiger partial charge < -0.3 is 15.4 Å². The largest absolute Gasteiger partial charge is 0.493 e. The van der Waals surface area contributed by atoms with Crippen LogP contribution in [0.3, 0.4) is 0 Å². The number of thiocarbonyl (C=S) groups is 1. The van der Waals surface area contributed by atoms with E-state index in [1.165, 1.54) is 5.56 Å². The van der Waals surface area contributed by atoms with Crippen LogP contribution in [0.2, 0.25) is 0 Å². The minimum absolute atomic E-state index is 0.00133. The SMILES string of the molecule is CNC(=S)N=Nc1c(O)[nH]c2ccc(C(C)C)cc12. The molecule has 0 spiro atoms. The number of aromatic amines is 1. The fourth-order valence-corrected chi connectivity index (χ4v) is 1.83. The van der Waals surface area contributed by atoms with E-state index in [-0.39, 0.29) is 11.0 Å². The summed E-state index contributed by atoms with van der Waals surface area (Å²) in [5.41, 5.74) is 2.42. The summed E-state index contributed by atoms with van der Waals surface area (Å²) >= 11 is 4.90. The lowest BCUT2D eigenvalue weighted by Gasteiger charge is -2.04. The third-order valence-electron chi connectivity index (χ3n) is 2.90. The molecule has 0 fully saturated rings. The zero-order valence-corrected chi connectivity index (χ0v) is 11.9. The van der Waals surface area contributed by atoms with Crippen molar-refractivity contribution in [3.63, 3.8) is 0 Å². The number of azo groups is 1. The van der Waals surface area contributed by atoms with E-state index in [2.05, 4.69) is 34.4 Å². The molecule has 100 valence electrons. The van der Waals surface area contributed by atoms with Gasteiger partial charge in [0, 0.05) is 12.4 Å². The number of rotatable bonds is 2. The summed E-state index contributed by atoms with van der Waals surface area (Å²) in [5, 5.41) is 21.5. The molecule has 6 heteroatoms. The minimum Gasteiger partial charge on any atom is -0.493 e. The molecule has 2 aromatic rings. The van der Waals surface area contributed by atoms with E-state index in [4.69, 9.17) is 12.2 Å². The van der Waals surface area contributed by atoms with Gasteiger partial charge in [-0.05, 0) is 35.8 Å². The normalized spacial score (nSPS) is 11.6. The second-order valence-corrected chi connectivity index (χ2v) is 4.92. The number of aromatic nitrogens is 1. The van der Waals surface area contributed by atoms with Gasteiger partial charge in [-0.1, -0.05) is 19.9 Å². The van der Waals surface area contributed by atoms with Gasteiger partial charge in [-0.2, -0.15) is 0 Å². The van der Waals surface area contributed by atoms with Crippen molar-refractivity contribution < 1.29 is 5.11 Å². The van der Waals surface area contributed by atoms with Gasteiger partial charge in [-0.15, -0.1) is 10.2 Å². The highest BCUT2D eigenvalue weighted by molar-refractivity contribution is 7.80. The number of hydrogen-bond acceptors (Lipinski definition) is 3. The zero-order chi connectivity index (χ0) is 14.0. The molecule has 0 atom stereocenters. The topological polar surface area (TPSA) is 72.8 Å². The first-order valence-electron chi connectivity index (χ1n) is 6.01. The molecular weight excluding hydrogens is 260 g/mol. The van der Waals surface area contributed by atoms with Crippen LogP contribution < -0.4 is 5.32 Å². The predicted octanol–water partition coefficient (Wildman–Crippen LogP) is 3.58. The lowest BCUT2D eigenvalue weighted by atomic mass is 10.0. The Bertz CT molecular complexity index is 645. The quantitative estimate of drug-likeness (QED) is 0.580. The van der Waals surface area contributed by atoms with E-state index in [0.29, 0.717) is 11.6 Å². The van der Waals surface area contributed by atoms with Gasteiger partial charge in [0.2, 0.25) is 11.0 Å². The van der Waals surface area contributed by atoms with E-state index < -0.39 is 0 Å². The molecule has 1 aromatic heterocycles. The molecule has 1 heterocycles. The van der Waals surface area contributed by atoms with Crippen molar-refractivity contribution in [3.05, 3.63) is 23.8 Å². The smallest absolute Gasteiger partial charge is 0.218 e. The van der Waals surface area contributed by atoms with Gasteiger partial charge >= 0.3 is 0 Å². The Morgan fingerprint density at radius 3 is 2.79 bits per heavy atom. The van der Waals surface area contributed by atoms with Crippen molar-refractivity contribution in [1.82, 2.24) is 10.3 Å². The molecule has 0 saturated heterocycles. The van der Waals surface area contributed by atoms with Gasteiger partial charge in [0.05, 0.1) is 5.52 Å². The van der Waals surface area contributed by atoms with E-state index in [9.17, 15) is 5.11 Å². The first-order chi connectivity index (χ1) is 9.02. The highest BCUT2D eigenvalue weighted by atomic mass is 32.1. The monoisotopic (exact) mass is 276 g/mol. The second kappa shape index (κ2) is 5.36.